The molecule has 0 unspecified atom stereocenters. The van der Waals surface area contributed by atoms with E-state index in [0.29, 0.717) is 29.3 Å². The molecule has 0 saturated carbocycles. The van der Waals surface area contributed by atoms with Crippen LogP contribution in [0.2, 0.25) is 0 Å². The van der Waals surface area contributed by atoms with Gasteiger partial charge in [-0.25, -0.2) is 4.39 Å². The molecule has 0 radical (unpaired) electrons. The minimum absolute atomic E-state index is 0.142. The highest BCUT2D eigenvalue weighted by atomic mass is 19.1. The standard InChI is InChI=1S/C22H24FN3O2/c1-4-5-9-18(27)26-15-8-6-7-14(10-15)20-17(23)11-16(22(24)28)21-19(20)12(2)13(3)25-21/h10-11,15,25H,4,6-8H2,1-3H3,(H2,24,28)(H,26,27)/t15-/m0/s1. The van der Waals surface area contributed by atoms with Crippen LogP contribution in [-0.4, -0.2) is 22.8 Å². The zero-order valence-corrected chi connectivity index (χ0v) is 16.3. The SMILES string of the molecule is CCC#CC(=O)N[C@@H]1C=C(c2c(F)cc(C(N)=O)c3[nH]c(C)c(C)c23)CCC1. The number of carbonyl (C=O) groups excluding carboxylic acids is 2. The fourth-order valence-corrected chi connectivity index (χ4v) is 3.75. The van der Waals surface area contributed by atoms with E-state index < -0.39 is 11.7 Å². The molecule has 1 aliphatic rings. The lowest BCUT2D eigenvalue weighted by molar-refractivity contribution is -0.116. The Morgan fingerprint density at radius 1 is 1.39 bits per heavy atom. The van der Waals surface area contributed by atoms with Crippen LogP contribution in [0.25, 0.3) is 16.5 Å². The number of benzene rings is 1. The van der Waals surface area contributed by atoms with Crippen molar-refractivity contribution in [1.82, 2.24) is 10.3 Å². The van der Waals surface area contributed by atoms with E-state index in [4.69, 9.17) is 5.73 Å². The number of hydrogen-bond acceptors (Lipinski definition) is 2. The van der Waals surface area contributed by atoms with Crippen LogP contribution in [0, 0.1) is 31.5 Å². The predicted molar refractivity (Wildman–Crippen MR) is 108 cm³/mol. The number of carbonyl (C=O) groups is 2. The van der Waals surface area contributed by atoms with E-state index in [2.05, 4.69) is 22.1 Å². The Morgan fingerprint density at radius 3 is 2.82 bits per heavy atom. The number of nitrogens with two attached hydrogens (primary N) is 1. The van der Waals surface area contributed by atoms with Crippen LogP contribution in [0.4, 0.5) is 4.39 Å². The molecule has 5 nitrogen and oxygen atoms in total. The van der Waals surface area contributed by atoms with Crippen molar-refractivity contribution in [1.29, 1.82) is 0 Å². The van der Waals surface area contributed by atoms with Crippen molar-refractivity contribution < 1.29 is 14.0 Å². The normalized spacial score (nSPS) is 16.3. The molecule has 0 fully saturated rings. The molecule has 1 atom stereocenters. The van der Waals surface area contributed by atoms with Gasteiger partial charge in [-0.2, -0.15) is 0 Å². The fraction of sp³-hybridized carbons (Fsp3) is 0.364. The van der Waals surface area contributed by atoms with Crippen LogP contribution in [0.15, 0.2) is 12.1 Å². The van der Waals surface area contributed by atoms with Gasteiger partial charge in [0.25, 0.3) is 11.8 Å². The van der Waals surface area contributed by atoms with Gasteiger partial charge in [-0.3, -0.25) is 9.59 Å². The first-order valence-corrected chi connectivity index (χ1v) is 9.45. The first-order valence-electron chi connectivity index (χ1n) is 9.45. The Labute approximate surface area is 163 Å². The van der Waals surface area contributed by atoms with Crippen LogP contribution < -0.4 is 11.1 Å². The fourth-order valence-electron chi connectivity index (χ4n) is 3.75. The van der Waals surface area contributed by atoms with Gasteiger partial charge >= 0.3 is 0 Å². The lowest BCUT2D eigenvalue weighted by atomic mass is 9.87. The van der Waals surface area contributed by atoms with Gasteiger partial charge in [-0.1, -0.05) is 18.9 Å². The largest absolute Gasteiger partial charge is 0.366 e. The van der Waals surface area contributed by atoms with Crippen molar-refractivity contribution in [3.05, 3.63) is 40.3 Å². The maximum Gasteiger partial charge on any atom is 0.296 e. The minimum atomic E-state index is -0.672. The number of aryl methyl sites for hydroxylation is 2. The molecular weight excluding hydrogens is 357 g/mol. The predicted octanol–water partition coefficient (Wildman–Crippen LogP) is 3.49. The van der Waals surface area contributed by atoms with E-state index in [1.54, 1.807) is 0 Å². The number of nitrogens with one attached hydrogen (secondary N) is 2. The molecule has 28 heavy (non-hydrogen) atoms. The van der Waals surface area contributed by atoms with Gasteiger partial charge in [0.05, 0.1) is 11.1 Å². The zero-order chi connectivity index (χ0) is 20.4. The molecule has 4 N–H and O–H groups in total. The summed E-state index contributed by atoms with van der Waals surface area (Å²) >= 11 is 0. The molecule has 0 saturated heterocycles. The van der Waals surface area contributed by atoms with Gasteiger partial charge in [0.2, 0.25) is 0 Å². The zero-order valence-electron chi connectivity index (χ0n) is 16.3. The van der Waals surface area contributed by atoms with Crippen LogP contribution in [0.3, 0.4) is 0 Å². The van der Waals surface area contributed by atoms with E-state index in [0.717, 1.165) is 29.7 Å². The van der Waals surface area contributed by atoms with Crippen molar-refractivity contribution in [2.24, 2.45) is 5.73 Å². The second-order valence-corrected chi connectivity index (χ2v) is 7.09. The van der Waals surface area contributed by atoms with Gasteiger partial charge in [0.15, 0.2) is 0 Å². The van der Waals surface area contributed by atoms with Gasteiger partial charge < -0.3 is 16.0 Å². The van der Waals surface area contributed by atoms with Gasteiger partial charge in [-0.15, -0.1) is 0 Å². The van der Waals surface area contributed by atoms with E-state index in [9.17, 15) is 9.59 Å². The molecule has 146 valence electrons. The Kier molecular flexibility index (Phi) is 5.55. The molecule has 1 aliphatic carbocycles. The lowest BCUT2D eigenvalue weighted by Crippen LogP contribution is -2.33. The first kappa shape index (κ1) is 19.7. The summed E-state index contributed by atoms with van der Waals surface area (Å²) in [6.45, 7) is 5.65. The van der Waals surface area contributed by atoms with E-state index in [1.807, 2.05) is 26.8 Å². The molecule has 1 heterocycles. The Hall–Kier alpha value is -3.07. The monoisotopic (exact) mass is 381 g/mol. The van der Waals surface area contributed by atoms with E-state index in [1.165, 1.54) is 6.07 Å². The summed E-state index contributed by atoms with van der Waals surface area (Å²) < 4.78 is 15.1. The summed E-state index contributed by atoms with van der Waals surface area (Å²) in [7, 11) is 0. The molecular formula is C22H24FN3O2. The third kappa shape index (κ3) is 3.65. The summed E-state index contributed by atoms with van der Waals surface area (Å²) in [6, 6.07) is 0.999. The number of halogens is 1. The molecule has 6 heteroatoms. The highest BCUT2D eigenvalue weighted by Gasteiger charge is 2.24. The summed E-state index contributed by atoms with van der Waals surface area (Å²) in [6.07, 6.45) is 4.80. The van der Waals surface area contributed by atoms with Crippen molar-refractivity contribution in [2.45, 2.75) is 52.5 Å². The third-order valence-electron chi connectivity index (χ3n) is 5.17. The second-order valence-electron chi connectivity index (χ2n) is 7.09. The Balaban J connectivity index is 2.10. The molecule has 3 rings (SSSR count). The van der Waals surface area contributed by atoms with Crippen LogP contribution >= 0.6 is 0 Å². The quantitative estimate of drug-likeness (QED) is 0.711. The topological polar surface area (TPSA) is 88.0 Å². The molecule has 0 spiro atoms. The minimum Gasteiger partial charge on any atom is -0.366 e. The highest BCUT2D eigenvalue weighted by molar-refractivity contribution is 6.09. The van der Waals surface area contributed by atoms with Crippen molar-refractivity contribution in [2.75, 3.05) is 0 Å². The van der Waals surface area contributed by atoms with Crippen molar-refractivity contribution in [3.8, 4) is 11.8 Å². The van der Waals surface area contributed by atoms with E-state index in [-0.39, 0.29) is 17.5 Å². The number of hydrogen-bond donors (Lipinski definition) is 3. The number of allylic oxidation sites excluding steroid dienone is 1. The van der Waals surface area contributed by atoms with Gasteiger partial charge in [0, 0.05) is 29.1 Å². The molecule has 2 amide bonds. The van der Waals surface area contributed by atoms with Gasteiger partial charge in [-0.05, 0) is 56.2 Å². The highest BCUT2D eigenvalue weighted by Crippen LogP contribution is 2.37. The number of primary amides is 1. The lowest BCUT2D eigenvalue weighted by Gasteiger charge is -2.23. The van der Waals surface area contributed by atoms with Crippen LogP contribution in [0.1, 0.15) is 59.8 Å². The number of rotatable bonds is 3. The number of aromatic nitrogens is 1. The van der Waals surface area contributed by atoms with Crippen molar-refractivity contribution in [3.63, 3.8) is 0 Å². The summed E-state index contributed by atoms with van der Waals surface area (Å²) in [5.74, 6) is 3.82. The summed E-state index contributed by atoms with van der Waals surface area (Å²) in [5, 5.41) is 3.55. The first-order chi connectivity index (χ1) is 13.3. The number of H-pyrrole nitrogens is 1. The molecule has 1 aromatic heterocycles. The summed E-state index contributed by atoms with van der Waals surface area (Å²) in [5.41, 5.74) is 9.19. The molecule has 2 aromatic rings. The maximum atomic E-state index is 15.1. The summed E-state index contributed by atoms with van der Waals surface area (Å²) in [4.78, 5) is 26.9. The average molecular weight is 381 g/mol. The number of amides is 2. The Morgan fingerprint density at radius 2 is 2.14 bits per heavy atom. The molecule has 1 aromatic carbocycles. The number of aromatic amines is 1. The average Bonchev–Trinajstić information content (AvgIpc) is 2.94. The van der Waals surface area contributed by atoms with E-state index >= 15 is 4.39 Å². The Bertz CT molecular complexity index is 1050. The maximum absolute atomic E-state index is 15.1. The molecule has 0 aliphatic heterocycles. The smallest absolute Gasteiger partial charge is 0.296 e. The van der Waals surface area contributed by atoms with Crippen molar-refractivity contribution >= 4 is 28.3 Å². The molecule has 0 bridgehead atoms. The van der Waals surface area contributed by atoms with Gasteiger partial charge in [0.1, 0.15) is 5.82 Å². The third-order valence-corrected chi connectivity index (χ3v) is 5.17. The second kappa shape index (κ2) is 7.89. The van der Waals surface area contributed by atoms with Crippen LogP contribution in [0.5, 0.6) is 0 Å². The number of fused-ring (bicyclic) bond motifs is 1. The van der Waals surface area contributed by atoms with Crippen LogP contribution in [-0.2, 0) is 4.79 Å².